The van der Waals surface area contributed by atoms with Crippen LogP contribution < -0.4 is 10.6 Å². The molecule has 1 aromatic carbocycles. The summed E-state index contributed by atoms with van der Waals surface area (Å²) in [7, 11) is 0. The number of amides is 1. The molecule has 4 nitrogen and oxygen atoms in total. The van der Waals surface area contributed by atoms with Crippen molar-refractivity contribution in [3.05, 3.63) is 35.4 Å². The van der Waals surface area contributed by atoms with E-state index in [2.05, 4.69) is 46.7 Å². The highest BCUT2D eigenvalue weighted by molar-refractivity contribution is 5.85. The molecule has 1 amide bonds. The molecule has 2 fully saturated rings. The molecule has 0 atom stereocenters. The van der Waals surface area contributed by atoms with Gasteiger partial charge in [-0.05, 0) is 43.0 Å². The average Bonchev–Trinajstić information content (AvgIpc) is 2.46. The summed E-state index contributed by atoms with van der Waals surface area (Å²) in [6.45, 7) is 8.06. The third kappa shape index (κ3) is 5.20. The maximum absolute atomic E-state index is 11.9. The van der Waals surface area contributed by atoms with E-state index < -0.39 is 0 Å². The molecule has 2 N–H and O–H groups in total. The van der Waals surface area contributed by atoms with E-state index in [4.69, 9.17) is 0 Å². The zero-order chi connectivity index (χ0) is 15.4. The van der Waals surface area contributed by atoms with Gasteiger partial charge in [0.1, 0.15) is 0 Å². The number of rotatable bonds is 5. The molecule has 1 aromatic rings. The van der Waals surface area contributed by atoms with Crippen molar-refractivity contribution in [1.82, 2.24) is 15.5 Å². The third-order valence-electron chi connectivity index (χ3n) is 4.89. The van der Waals surface area contributed by atoms with E-state index in [9.17, 15) is 4.79 Å². The summed E-state index contributed by atoms with van der Waals surface area (Å²) >= 11 is 0. The Labute approximate surface area is 145 Å². The minimum atomic E-state index is 0. The lowest BCUT2D eigenvalue weighted by Gasteiger charge is -2.30. The van der Waals surface area contributed by atoms with Gasteiger partial charge in [0.05, 0.1) is 5.92 Å². The second-order valence-electron chi connectivity index (χ2n) is 6.85. The highest BCUT2D eigenvalue weighted by Gasteiger charge is 2.24. The van der Waals surface area contributed by atoms with E-state index in [-0.39, 0.29) is 24.2 Å². The molecule has 2 aliphatic heterocycles. The molecular weight excluding hydrogens is 310 g/mol. The fourth-order valence-corrected chi connectivity index (χ4v) is 3.12. The van der Waals surface area contributed by atoms with Crippen molar-refractivity contribution in [2.24, 2.45) is 11.8 Å². The van der Waals surface area contributed by atoms with Crippen LogP contribution in [0, 0.1) is 11.8 Å². The molecule has 23 heavy (non-hydrogen) atoms. The van der Waals surface area contributed by atoms with Crippen LogP contribution in [-0.4, -0.2) is 37.0 Å². The van der Waals surface area contributed by atoms with Gasteiger partial charge in [-0.3, -0.25) is 9.69 Å². The predicted molar refractivity (Wildman–Crippen MR) is 95.6 cm³/mol. The van der Waals surface area contributed by atoms with Crippen LogP contribution in [-0.2, 0) is 17.9 Å². The molecule has 128 valence electrons. The Morgan fingerprint density at radius 2 is 1.96 bits per heavy atom. The Bertz CT molecular complexity index is 511. The van der Waals surface area contributed by atoms with E-state index >= 15 is 0 Å². The monoisotopic (exact) mass is 337 g/mol. The maximum atomic E-state index is 11.9. The number of halogens is 1. The van der Waals surface area contributed by atoms with Crippen molar-refractivity contribution in [3.8, 4) is 0 Å². The molecule has 5 heteroatoms. The van der Waals surface area contributed by atoms with E-state index in [1.165, 1.54) is 37.1 Å². The number of nitrogens with one attached hydrogen (secondary N) is 2. The fourth-order valence-electron chi connectivity index (χ4n) is 3.12. The predicted octanol–water partition coefficient (Wildman–Crippen LogP) is 2.18. The number of benzene rings is 1. The van der Waals surface area contributed by atoms with Crippen LogP contribution in [0.3, 0.4) is 0 Å². The van der Waals surface area contributed by atoms with Crippen LogP contribution >= 0.6 is 12.4 Å². The van der Waals surface area contributed by atoms with E-state index in [0.717, 1.165) is 25.6 Å². The lowest BCUT2D eigenvalue weighted by molar-refractivity contribution is -0.126. The second-order valence-corrected chi connectivity index (χ2v) is 6.85. The zero-order valence-electron chi connectivity index (χ0n) is 13.9. The molecule has 0 unspecified atom stereocenters. The van der Waals surface area contributed by atoms with Crippen molar-refractivity contribution in [2.75, 3.05) is 26.2 Å². The normalized spacial score (nSPS) is 19.7. The van der Waals surface area contributed by atoms with Crippen molar-refractivity contribution < 1.29 is 4.79 Å². The summed E-state index contributed by atoms with van der Waals surface area (Å²) in [5.74, 6) is 1.21. The van der Waals surface area contributed by atoms with Crippen molar-refractivity contribution in [3.63, 3.8) is 0 Å². The molecule has 2 aliphatic rings. The van der Waals surface area contributed by atoms with Crippen LogP contribution in [0.4, 0.5) is 0 Å². The van der Waals surface area contributed by atoms with Gasteiger partial charge in [0, 0.05) is 26.2 Å². The summed E-state index contributed by atoms with van der Waals surface area (Å²) in [4.78, 5) is 14.4. The largest absolute Gasteiger partial charge is 0.352 e. The summed E-state index contributed by atoms with van der Waals surface area (Å²) in [5, 5.41) is 6.18. The Hall–Kier alpha value is -1.10. The van der Waals surface area contributed by atoms with Crippen LogP contribution in [0.2, 0.25) is 0 Å². The number of hydrogen-bond donors (Lipinski definition) is 2. The first-order valence-corrected chi connectivity index (χ1v) is 8.49. The molecular formula is C18H28ClN3O. The third-order valence-corrected chi connectivity index (χ3v) is 4.89. The molecule has 0 aromatic heterocycles. The molecule has 0 spiro atoms. The molecule has 0 bridgehead atoms. The number of nitrogens with zero attached hydrogens (tertiary/aromatic N) is 1. The Balaban J connectivity index is 0.00000192. The van der Waals surface area contributed by atoms with Gasteiger partial charge in [-0.2, -0.15) is 0 Å². The molecule has 0 saturated carbocycles. The minimum absolute atomic E-state index is 0. The topological polar surface area (TPSA) is 44.4 Å². The molecule has 2 heterocycles. The van der Waals surface area contributed by atoms with Gasteiger partial charge in [0.15, 0.2) is 0 Å². The SMILES string of the molecule is CC1CCN(Cc2cccc(CNC(=O)C3CNC3)c2)CC1.Cl. The van der Waals surface area contributed by atoms with E-state index in [0.29, 0.717) is 6.54 Å². The lowest BCUT2D eigenvalue weighted by Crippen LogP contribution is -2.50. The smallest absolute Gasteiger partial charge is 0.225 e. The first-order valence-electron chi connectivity index (χ1n) is 8.49. The number of carbonyl (C=O) groups excluding carboxylic acids is 1. The number of piperidine rings is 1. The summed E-state index contributed by atoms with van der Waals surface area (Å²) in [5.41, 5.74) is 2.55. The average molecular weight is 338 g/mol. The zero-order valence-corrected chi connectivity index (χ0v) is 14.7. The fraction of sp³-hybridized carbons (Fsp3) is 0.611. The van der Waals surface area contributed by atoms with Crippen molar-refractivity contribution in [1.29, 1.82) is 0 Å². The van der Waals surface area contributed by atoms with E-state index in [1.807, 2.05) is 0 Å². The highest BCUT2D eigenvalue weighted by Crippen LogP contribution is 2.18. The van der Waals surface area contributed by atoms with E-state index in [1.54, 1.807) is 0 Å². The van der Waals surface area contributed by atoms with Gasteiger partial charge in [0.2, 0.25) is 5.91 Å². The first kappa shape index (κ1) is 18.2. The first-order chi connectivity index (χ1) is 10.7. The standard InChI is InChI=1S/C18H27N3O.ClH/c1-14-5-7-21(8-6-14)13-16-4-2-3-15(9-16)10-20-18(22)17-11-19-12-17;/h2-4,9,14,17,19H,5-8,10-13H2,1H3,(H,20,22);1H. The van der Waals surface area contributed by atoms with Gasteiger partial charge < -0.3 is 10.6 Å². The molecule has 0 radical (unpaired) electrons. The van der Waals surface area contributed by atoms with Gasteiger partial charge in [-0.15, -0.1) is 12.4 Å². The van der Waals surface area contributed by atoms with Crippen molar-refractivity contribution >= 4 is 18.3 Å². The van der Waals surface area contributed by atoms with Gasteiger partial charge in [-0.1, -0.05) is 31.2 Å². The second kappa shape index (κ2) is 8.67. The van der Waals surface area contributed by atoms with Gasteiger partial charge in [0.25, 0.3) is 0 Å². The quantitative estimate of drug-likeness (QED) is 0.865. The lowest BCUT2D eigenvalue weighted by atomic mass is 9.98. The van der Waals surface area contributed by atoms with Crippen LogP contribution in [0.5, 0.6) is 0 Å². The van der Waals surface area contributed by atoms with Crippen LogP contribution in [0.15, 0.2) is 24.3 Å². The molecule has 2 saturated heterocycles. The van der Waals surface area contributed by atoms with Gasteiger partial charge in [-0.25, -0.2) is 0 Å². The Morgan fingerprint density at radius 3 is 2.61 bits per heavy atom. The van der Waals surface area contributed by atoms with Gasteiger partial charge >= 0.3 is 0 Å². The molecule has 3 rings (SSSR count). The number of carbonyl (C=O) groups is 1. The van der Waals surface area contributed by atoms with Crippen molar-refractivity contribution in [2.45, 2.75) is 32.9 Å². The van der Waals surface area contributed by atoms with Crippen LogP contribution in [0.1, 0.15) is 30.9 Å². The Morgan fingerprint density at radius 1 is 1.26 bits per heavy atom. The summed E-state index contributed by atoms with van der Waals surface area (Å²) in [6, 6.07) is 8.63. The highest BCUT2D eigenvalue weighted by atomic mass is 35.5. The molecule has 0 aliphatic carbocycles. The van der Waals surface area contributed by atoms with Crippen LogP contribution in [0.25, 0.3) is 0 Å². The number of hydrogen-bond acceptors (Lipinski definition) is 3. The minimum Gasteiger partial charge on any atom is -0.352 e. The maximum Gasteiger partial charge on any atom is 0.225 e. The summed E-state index contributed by atoms with van der Waals surface area (Å²) in [6.07, 6.45) is 2.62. The number of likely N-dealkylation sites (tertiary alicyclic amines) is 1. The Kier molecular flexibility index (Phi) is 6.88. The summed E-state index contributed by atoms with van der Waals surface area (Å²) < 4.78 is 0.